The lowest BCUT2D eigenvalue weighted by Gasteiger charge is -2.25. The van der Waals surface area contributed by atoms with Gasteiger partial charge in [-0.25, -0.2) is 0 Å². The van der Waals surface area contributed by atoms with Crippen molar-refractivity contribution in [2.45, 2.75) is 26.0 Å². The number of nitrogens with one attached hydrogen (secondary N) is 1. The predicted octanol–water partition coefficient (Wildman–Crippen LogP) is 3.78. The molecule has 0 radical (unpaired) electrons. The molecule has 4 nitrogen and oxygen atoms in total. The van der Waals surface area contributed by atoms with Crippen LogP contribution < -0.4 is 5.32 Å². The first-order valence-electron chi connectivity index (χ1n) is 9.31. The lowest BCUT2D eigenvalue weighted by atomic mass is 9.95. The van der Waals surface area contributed by atoms with Crippen LogP contribution in [0, 0.1) is 12.8 Å². The van der Waals surface area contributed by atoms with Gasteiger partial charge in [0.2, 0.25) is 0 Å². The van der Waals surface area contributed by atoms with E-state index < -0.39 is 0 Å². The Morgan fingerprint density at radius 3 is 2.58 bits per heavy atom. The van der Waals surface area contributed by atoms with Gasteiger partial charge in [0.1, 0.15) is 0 Å². The van der Waals surface area contributed by atoms with Gasteiger partial charge in [-0.05, 0) is 24.5 Å². The molecule has 1 fully saturated rings. The minimum absolute atomic E-state index is 0.171. The third-order valence-electron chi connectivity index (χ3n) is 4.98. The number of benzene rings is 2. The molecule has 26 heavy (non-hydrogen) atoms. The van der Waals surface area contributed by atoms with Gasteiger partial charge in [-0.3, -0.25) is 4.99 Å². The fourth-order valence-corrected chi connectivity index (χ4v) is 3.50. The first-order chi connectivity index (χ1) is 12.7. The number of guanidine groups is 1. The summed E-state index contributed by atoms with van der Waals surface area (Å²) in [6.07, 6.45) is 1.25. The average Bonchev–Trinajstić information content (AvgIpc) is 3.13. The first kappa shape index (κ1) is 18.5. The minimum atomic E-state index is 0.171. The van der Waals surface area contributed by atoms with Gasteiger partial charge in [0.05, 0.1) is 6.10 Å². The van der Waals surface area contributed by atoms with E-state index in [0.29, 0.717) is 5.92 Å². The van der Waals surface area contributed by atoms with E-state index in [0.717, 1.165) is 32.1 Å². The molecule has 0 amide bonds. The molecule has 2 aromatic carbocycles. The van der Waals surface area contributed by atoms with Crippen molar-refractivity contribution < 1.29 is 4.74 Å². The fourth-order valence-electron chi connectivity index (χ4n) is 3.50. The van der Waals surface area contributed by atoms with Gasteiger partial charge < -0.3 is 15.0 Å². The Morgan fingerprint density at radius 1 is 1.15 bits per heavy atom. The summed E-state index contributed by atoms with van der Waals surface area (Å²) < 4.78 is 5.99. The van der Waals surface area contributed by atoms with Crippen LogP contribution in [0.2, 0.25) is 0 Å². The third kappa shape index (κ3) is 4.64. The molecule has 1 saturated heterocycles. The predicted molar refractivity (Wildman–Crippen MR) is 107 cm³/mol. The van der Waals surface area contributed by atoms with Crippen molar-refractivity contribution in [3.8, 4) is 0 Å². The van der Waals surface area contributed by atoms with Crippen molar-refractivity contribution in [1.82, 2.24) is 10.2 Å². The van der Waals surface area contributed by atoms with Gasteiger partial charge in [0, 0.05) is 39.7 Å². The maximum atomic E-state index is 5.99. The van der Waals surface area contributed by atoms with E-state index in [-0.39, 0.29) is 6.10 Å². The van der Waals surface area contributed by atoms with E-state index in [1.54, 1.807) is 0 Å². The average molecular weight is 351 g/mol. The van der Waals surface area contributed by atoms with Crippen molar-refractivity contribution in [1.29, 1.82) is 0 Å². The molecule has 138 valence electrons. The quantitative estimate of drug-likeness (QED) is 0.658. The summed E-state index contributed by atoms with van der Waals surface area (Å²) in [4.78, 5) is 6.62. The smallest absolute Gasteiger partial charge is 0.193 e. The zero-order valence-corrected chi connectivity index (χ0v) is 16.0. The molecule has 2 unspecified atom stereocenters. The molecule has 3 rings (SSSR count). The highest BCUT2D eigenvalue weighted by Gasteiger charge is 2.29. The van der Waals surface area contributed by atoms with Crippen molar-refractivity contribution in [3.63, 3.8) is 0 Å². The Kier molecular flexibility index (Phi) is 6.29. The second kappa shape index (κ2) is 8.86. The van der Waals surface area contributed by atoms with Crippen LogP contribution in [0.25, 0.3) is 0 Å². The van der Waals surface area contributed by atoms with E-state index >= 15 is 0 Å². The number of aliphatic imine (C=N–C) groups is 1. The van der Waals surface area contributed by atoms with Crippen molar-refractivity contribution >= 4 is 5.96 Å². The van der Waals surface area contributed by atoms with E-state index in [2.05, 4.69) is 77.7 Å². The minimum Gasteiger partial charge on any atom is -0.373 e. The molecule has 2 atom stereocenters. The first-order valence-corrected chi connectivity index (χ1v) is 9.31. The summed E-state index contributed by atoms with van der Waals surface area (Å²) >= 11 is 0. The normalized spacial score (nSPS) is 20.2. The second-order valence-corrected chi connectivity index (χ2v) is 7.02. The lowest BCUT2D eigenvalue weighted by molar-refractivity contribution is 0.0914. The molecule has 1 aliphatic heterocycles. The van der Waals surface area contributed by atoms with E-state index in [9.17, 15) is 0 Å². The van der Waals surface area contributed by atoms with Crippen molar-refractivity contribution in [2.75, 3.05) is 27.2 Å². The van der Waals surface area contributed by atoms with Gasteiger partial charge >= 0.3 is 0 Å². The van der Waals surface area contributed by atoms with Gasteiger partial charge in [-0.2, -0.15) is 0 Å². The molecule has 0 bridgehead atoms. The van der Waals surface area contributed by atoms with E-state index in [1.165, 1.54) is 16.7 Å². The summed E-state index contributed by atoms with van der Waals surface area (Å²) in [5.41, 5.74) is 3.83. The van der Waals surface area contributed by atoms with Crippen LogP contribution in [0.1, 0.15) is 29.2 Å². The number of hydrogen-bond donors (Lipinski definition) is 1. The van der Waals surface area contributed by atoms with Crippen LogP contribution in [0.15, 0.2) is 59.6 Å². The van der Waals surface area contributed by atoms with Crippen LogP contribution in [0.4, 0.5) is 0 Å². The summed E-state index contributed by atoms with van der Waals surface area (Å²) in [5.74, 6) is 1.38. The molecule has 1 aliphatic rings. The summed E-state index contributed by atoms with van der Waals surface area (Å²) in [6, 6.07) is 19.2. The Morgan fingerprint density at radius 2 is 1.88 bits per heavy atom. The zero-order chi connectivity index (χ0) is 18.4. The molecule has 2 aromatic rings. The molecule has 4 heteroatoms. The molecule has 1 N–H and O–H groups in total. The highest BCUT2D eigenvalue weighted by atomic mass is 16.5. The molecule has 0 aromatic heterocycles. The maximum absolute atomic E-state index is 5.99. The van der Waals surface area contributed by atoms with Gasteiger partial charge in [0.15, 0.2) is 5.96 Å². The summed E-state index contributed by atoms with van der Waals surface area (Å²) in [7, 11) is 3.92. The van der Waals surface area contributed by atoms with Crippen LogP contribution >= 0.6 is 0 Å². The van der Waals surface area contributed by atoms with E-state index in [4.69, 9.17) is 4.74 Å². The molecule has 0 spiro atoms. The Labute approximate surface area is 156 Å². The topological polar surface area (TPSA) is 36.9 Å². The molecule has 0 saturated carbocycles. The molecular weight excluding hydrogens is 322 g/mol. The lowest BCUT2D eigenvalue weighted by Crippen LogP contribution is -2.41. The Hall–Kier alpha value is -2.33. The number of ether oxygens (including phenoxy) is 1. The van der Waals surface area contributed by atoms with Crippen LogP contribution in [0.5, 0.6) is 0 Å². The Bertz CT molecular complexity index is 712. The van der Waals surface area contributed by atoms with Crippen molar-refractivity contribution in [2.24, 2.45) is 10.9 Å². The van der Waals surface area contributed by atoms with Gasteiger partial charge in [-0.15, -0.1) is 0 Å². The highest BCUT2D eigenvalue weighted by molar-refractivity contribution is 5.79. The van der Waals surface area contributed by atoms with Crippen LogP contribution in [-0.2, 0) is 11.3 Å². The highest BCUT2D eigenvalue weighted by Crippen LogP contribution is 2.33. The fraction of sp³-hybridized carbons (Fsp3) is 0.409. The van der Waals surface area contributed by atoms with Gasteiger partial charge in [0.25, 0.3) is 0 Å². The third-order valence-corrected chi connectivity index (χ3v) is 4.98. The van der Waals surface area contributed by atoms with Gasteiger partial charge in [-0.1, -0.05) is 60.2 Å². The molecular formula is C22H29N3O. The summed E-state index contributed by atoms with van der Waals surface area (Å²) in [5, 5.41) is 3.54. The van der Waals surface area contributed by atoms with Crippen LogP contribution in [0.3, 0.4) is 0 Å². The largest absolute Gasteiger partial charge is 0.373 e. The second-order valence-electron chi connectivity index (χ2n) is 7.02. The number of hydrogen-bond acceptors (Lipinski definition) is 2. The SMILES string of the molecule is CN=C(NCC1CCOC1c1ccccc1)N(C)Cc1ccc(C)cc1. The molecule has 0 aliphatic carbocycles. The van der Waals surface area contributed by atoms with Crippen molar-refractivity contribution in [3.05, 3.63) is 71.3 Å². The summed E-state index contributed by atoms with van der Waals surface area (Å²) in [6.45, 7) is 4.64. The molecule has 1 heterocycles. The Balaban J connectivity index is 1.57. The van der Waals surface area contributed by atoms with Crippen LogP contribution in [-0.4, -0.2) is 38.1 Å². The zero-order valence-electron chi connectivity index (χ0n) is 16.0. The number of aryl methyl sites for hydroxylation is 1. The number of rotatable bonds is 5. The van der Waals surface area contributed by atoms with E-state index in [1.807, 2.05) is 13.1 Å². The monoisotopic (exact) mass is 351 g/mol. The maximum Gasteiger partial charge on any atom is 0.193 e. The number of nitrogens with zero attached hydrogens (tertiary/aromatic N) is 2. The standard InChI is InChI=1S/C22H29N3O/c1-17-9-11-18(12-10-17)16-25(3)22(23-2)24-15-20-13-14-26-21(20)19-7-5-4-6-8-19/h4-12,20-21H,13-16H2,1-3H3,(H,23,24).